The second-order valence-corrected chi connectivity index (χ2v) is 10.2. The summed E-state index contributed by atoms with van der Waals surface area (Å²) in [6, 6.07) is 17.6. The quantitative estimate of drug-likeness (QED) is 0.351. The zero-order chi connectivity index (χ0) is 27.5. The molecule has 0 bridgehead atoms. The minimum absolute atomic E-state index is 0.0164. The summed E-state index contributed by atoms with van der Waals surface area (Å²) < 4.78 is 27.8. The number of nitrogens with zero attached hydrogens (tertiary/aromatic N) is 4. The molecule has 206 valence electrons. The fourth-order valence-electron chi connectivity index (χ4n) is 5.49. The molecular formula is C30H30FN5O4. The molecule has 10 heteroatoms. The minimum Gasteiger partial charge on any atom is -0.454 e. The molecule has 1 aliphatic carbocycles. The number of carbonyl (C=O) groups is 2. The van der Waals surface area contributed by atoms with E-state index >= 15 is 4.39 Å². The number of fused-ring (bicyclic) bond motifs is 2. The van der Waals surface area contributed by atoms with Crippen LogP contribution >= 0.6 is 0 Å². The molecule has 0 saturated heterocycles. The van der Waals surface area contributed by atoms with Crippen molar-refractivity contribution in [3.63, 3.8) is 0 Å². The largest absolute Gasteiger partial charge is 0.454 e. The van der Waals surface area contributed by atoms with Crippen molar-refractivity contribution in [1.29, 1.82) is 0 Å². The van der Waals surface area contributed by atoms with Gasteiger partial charge in [-0.3, -0.25) is 9.59 Å². The van der Waals surface area contributed by atoms with Crippen molar-refractivity contribution in [2.75, 3.05) is 6.79 Å². The third-order valence-electron chi connectivity index (χ3n) is 7.53. The van der Waals surface area contributed by atoms with Crippen LogP contribution < -0.4 is 14.8 Å². The number of aromatic nitrogens is 3. The predicted octanol–water partition coefficient (Wildman–Crippen LogP) is 4.52. The van der Waals surface area contributed by atoms with Gasteiger partial charge in [-0.25, -0.2) is 9.07 Å². The first-order valence-electron chi connectivity index (χ1n) is 13.6. The van der Waals surface area contributed by atoms with Crippen molar-refractivity contribution in [1.82, 2.24) is 25.2 Å². The first kappa shape index (κ1) is 25.8. The zero-order valence-corrected chi connectivity index (χ0v) is 22.0. The van der Waals surface area contributed by atoms with E-state index in [9.17, 15) is 9.59 Å². The molecule has 40 heavy (non-hydrogen) atoms. The lowest BCUT2D eigenvalue weighted by molar-refractivity contribution is -0.142. The SMILES string of the molecule is O=C(NC1CCCCC1)C(c1ccccc1F)N(Cc1ccc2c(c1)OCO2)C(=O)Cn1nnc2ccccc21. The van der Waals surface area contributed by atoms with Crippen LogP contribution in [0.1, 0.15) is 49.3 Å². The highest BCUT2D eigenvalue weighted by molar-refractivity contribution is 5.89. The molecule has 2 aliphatic rings. The van der Waals surface area contributed by atoms with Crippen molar-refractivity contribution in [3.05, 3.63) is 83.7 Å². The van der Waals surface area contributed by atoms with Crippen LogP contribution in [-0.4, -0.2) is 44.5 Å². The number of nitrogens with one attached hydrogen (secondary N) is 1. The van der Waals surface area contributed by atoms with Crippen LogP contribution in [0.2, 0.25) is 0 Å². The van der Waals surface area contributed by atoms with E-state index in [2.05, 4.69) is 15.6 Å². The van der Waals surface area contributed by atoms with Crippen LogP contribution in [-0.2, 0) is 22.7 Å². The Labute approximate surface area is 230 Å². The maximum atomic E-state index is 15.3. The van der Waals surface area contributed by atoms with E-state index in [1.165, 1.54) is 15.6 Å². The Morgan fingerprint density at radius 2 is 1.77 bits per heavy atom. The lowest BCUT2D eigenvalue weighted by atomic mass is 9.94. The van der Waals surface area contributed by atoms with E-state index in [4.69, 9.17) is 9.47 Å². The normalized spacial score (nSPS) is 15.6. The van der Waals surface area contributed by atoms with Crippen LogP contribution in [0.4, 0.5) is 4.39 Å². The van der Waals surface area contributed by atoms with Gasteiger partial charge in [0.05, 0.1) is 5.52 Å². The van der Waals surface area contributed by atoms with Crippen LogP contribution in [0.15, 0.2) is 66.7 Å². The van der Waals surface area contributed by atoms with Crippen LogP contribution in [0, 0.1) is 5.82 Å². The molecule has 1 aromatic heterocycles. The van der Waals surface area contributed by atoms with Gasteiger partial charge < -0.3 is 19.7 Å². The number of ether oxygens (including phenoxy) is 2. The maximum absolute atomic E-state index is 15.3. The Balaban J connectivity index is 1.38. The highest BCUT2D eigenvalue weighted by Gasteiger charge is 2.35. The molecule has 2 amide bonds. The third kappa shape index (κ3) is 5.34. The van der Waals surface area contributed by atoms with Crippen LogP contribution in [0.25, 0.3) is 11.0 Å². The van der Waals surface area contributed by atoms with Crippen molar-refractivity contribution >= 4 is 22.8 Å². The molecular weight excluding hydrogens is 513 g/mol. The first-order chi connectivity index (χ1) is 19.6. The number of amides is 2. The molecule has 1 atom stereocenters. The topological polar surface area (TPSA) is 98.6 Å². The smallest absolute Gasteiger partial charge is 0.247 e. The molecule has 3 aromatic carbocycles. The Hall–Kier alpha value is -4.47. The number of carbonyl (C=O) groups excluding carboxylic acids is 2. The van der Waals surface area contributed by atoms with Gasteiger partial charge in [0.15, 0.2) is 11.5 Å². The number of rotatable bonds is 8. The molecule has 0 radical (unpaired) electrons. The number of para-hydroxylation sites is 1. The van der Waals surface area contributed by atoms with Gasteiger partial charge in [-0.1, -0.05) is 60.9 Å². The Bertz CT molecular complexity index is 1530. The number of halogens is 1. The van der Waals surface area contributed by atoms with E-state index in [0.717, 1.165) is 32.1 Å². The summed E-state index contributed by atoms with van der Waals surface area (Å²) in [4.78, 5) is 29.5. The minimum atomic E-state index is -1.20. The molecule has 4 aromatic rings. The lowest BCUT2D eigenvalue weighted by Gasteiger charge is -2.33. The molecule has 6 rings (SSSR count). The van der Waals surface area contributed by atoms with E-state index in [0.29, 0.717) is 28.1 Å². The highest BCUT2D eigenvalue weighted by atomic mass is 19.1. The van der Waals surface area contributed by atoms with Gasteiger partial charge in [-0.15, -0.1) is 5.10 Å². The molecule has 1 fully saturated rings. The van der Waals surface area contributed by atoms with Crippen molar-refractivity contribution in [2.45, 2.75) is 57.3 Å². The van der Waals surface area contributed by atoms with Gasteiger partial charge in [0.2, 0.25) is 18.6 Å². The summed E-state index contributed by atoms with van der Waals surface area (Å²) in [6.45, 7) is -0.0195. The third-order valence-corrected chi connectivity index (χ3v) is 7.53. The number of benzene rings is 3. The monoisotopic (exact) mass is 543 g/mol. The van der Waals surface area contributed by atoms with Crippen molar-refractivity contribution in [2.24, 2.45) is 0 Å². The molecule has 0 spiro atoms. The molecule has 2 heterocycles. The second-order valence-electron chi connectivity index (χ2n) is 10.2. The van der Waals surface area contributed by atoms with Gasteiger partial charge in [-0.05, 0) is 48.7 Å². The number of hydrogen-bond acceptors (Lipinski definition) is 6. The van der Waals surface area contributed by atoms with Crippen LogP contribution in [0.5, 0.6) is 11.5 Å². The van der Waals surface area contributed by atoms with E-state index < -0.39 is 23.7 Å². The summed E-state index contributed by atoms with van der Waals surface area (Å²) in [5.74, 6) is -0.200. The molecule has 1 unspecified atom stereocenters. The van der Waals surface area contributed by atoms with E-state index in [-0.39, 0.29) is 31.5 Å². The zero-order valence-electron chi connectivity index (χ0n) is 22.0. The predicted molar refractivity (Wildman–Crippen MR) is 145 cm³/mol. The summed E-state index contributed by atoms with van der Waals surface area (Å²) in [6.07, 6.45) is 4.89. The maximum Gasteiger partial charge on any atom is 0.247 e. The molecule has 1 saturated carbocycles. The fraction of sp³-hybridized carbons (Fsp3) is 0.333. The van der Waals surface area contributed by atoms with Crippen molar-refractivity contribution < 1.29 is 23.5 Å². The molecule has 1 N–H and O–H groups in total. The summed E-state index contributed by atoms with van der Waals surface area (Å²) >= 11 is 0. The molecule has 9 nitrogen and oxygen atoms in total. The Morgan fingerprint density at radius 3 is 2.62 bits per heavy atom. The van der Waals surface area contributed by atoms with Gasteiger partial charge in [0, 0.05) is 18.2 Å². The van der Waals surface area contributed by atoms with Gasteiger partial charge in [0.25, 0.3) is 0 Å². The average Bonchev–Trinajstić information content (AvgIpc) is 3.61. The summed E-state index contributed by atoms with van der Waals surface area (Å²) in [5.41, 5.74) is 2.19. The average molecular weight is 544 g/mol. The fourth-order valence-corrected chi connectivity index (χ4v) is 5.49. The van der Waals surface area contributed by atoms with Gasteiger partial charge in [-0.2, -0.15) is 0 Å². The molecule has 1 aliphatic heterocycles. The van der Waals surface area contributed by atoms with Gasteiger partial charge in [0.1, 0.15) is 23.9 Å². The van der Waals surface area contributed by atoms with Crippen LogP contribution in [0.3, 0.4) is 0 Å². The summed E-state index contributed by atoms with van der Waals surface area (Å²) in [5, 5.41) is 11.4. The van der Waals surface area contributed by atoms with E-state index in [1.807, 2.05) is 30.3 Å². The van der Waals surface area contributed by atoms with E-state index in [1.54, 1.807) is 30.3 Å². The first-order valence-corrected chi connectivity index (χ1v) is 13.6. The number of hydrogen-bond donors (Lipinski definition) is 1. The van der Waals surface area contributed by atoms with Gasteiger partial charge >= 0.3 is 0 Å². The lowest BCUT2D eigenvalue weighted by Crippen LogP contribution is -2.47. The Kier molecular flexibility index (Phi) is 7.31. The standard InChI is InChI=1S/C30H30FN5O4/c31-23-11-5-4-10-22(23)29(30(38)32-21-8-2-1-3-9-21)35(17-20-14-15-26-27(16-20)40-19-39-26)28(37)18-36-25-13-7-6-12-24(25)33-34-36/h4-7,10-16,21,29H,1-3,8-9,17-19H2,(H,32,38). The van der Waals surface area contributed by atoms with Crippen molar-refractivity contribution in [3.8, 4) is 11.5 Å². The second kappa shape index (κ2) is 11.3. The Morgan fingerprint density at radius 1 is 1.00 bits per heavy atom. The highest BCUT2D eigenvalue weighted by Crippen LogP contribution is 2.34. The summed E-state index contributed by atoms with van der Waals surface area (Å²) in [7, 11) is 0.